The second-order valence-corrected chi connectivity index (χ2v) is 4.84. The lowest BCUT2D eigenvalue weighted by Crippen LogP contribution is -2.30. The SMILES string of the molecule is CNc1ccccc1C(=O)N1CCC(C(C)O)C1. The van der Waals surface area contributed by atoms with Crippen molar-refractivity contribution in [3.63, 3.8) is 0 Å². The fourth-order valence-corrected chi connectivity index (χ4v) is 2.42. The van der Waals surface area contributed by atoms with Gasteiger partial charge in [-0.1, -0.05) is 12.1 Å². The Balaban J connectivity index is 2.13. The molecule has 0 saturated carbocycles. The van der Waals surface area contributed by atoms with Gasteiger partial charge in [0.05, 0.1) is 11.7 Å². The summed E-state index contributed by atoms with van der Waals surface area (Å²) in [5, 5.41) is 12.6. The molecule has 0 spiro atoms. The molecular formula is C14H20N2O2. The third kappa shape index (κ3) is 2.48. The molecule has 2 unspecified atom stereocenters. The highest BCUT2D eigenvalue weighted by atomic mass is 16.3. The van der Waals surface area contributed by atoms with E-state index in [1.165, 1.54) is 0 Å². The highest BCUT2D eigenvalue weighted by Crippen LogP contribution is 2.24. The van der Waals surface area contributed by atoms with Crippen LogP contribution in [0, 0.1) is 5.92 Å². The van der Waals surface area contributed by atoms with Crippen LogP contribution in [-0.2, 0) is 0 Å². The standard InChI is InChI=1S/C14H20N2O2/c1-10(17)11-7-8-16(9-11)14(18)12-5-3-4-6-13(12)15-2/h3-6,10-11,15,17H,7-9H2,1-2H3. The first-order chi connectivity index (χ1) is 8.63. The monoisotopic (exact) mass is 248 g/mol. The molecule has 0 bridgehead atoms. The molecule has 1 amide bonds. The first kappa shape index (κ1) is 12.9. The van der Waals surface area contributed by atoms with Gasteiger partial charge in [0.1, 0.15) is 0 Å². The third-order valence-corrected chi connectivity index (χ3v) is 3.62. The number of anilines is 1. The van der Waals surface area contributed by atoms with Gasteiger partial charge < -0.3 is 15.3 Å². The molecule has 1 aliphatic heterocycles. The molecule has 4 heteroatoms. The Morgan fingerprint density at radius 2 is 2.22 bits per heavy atom. The van der Waals surface area contributed by atoms with Crippen LogP contribution in [0.3, 0.4) is 0 Å². The topological polar surface area (TPSA) is 52.6 Å². The quantitative estimate of drug-likeness (QED) is 0.853. The Morgan fingerprint density at radius 3 is 2.83 bits per heavy atom. The highest BCUT2D eigenvalue weighted by Gasteiger charge is 2.30. The molecule has 0 aromatic heterocycles. The van der Waals surface area contributed by atoms with Gasteiger partial charge in [0.25, 0.3) is 5.91 Å². The average molecular weight is 248 g/mol. The van der Waals surface area contributed by atoms with Crippen LogP contribution in [0.5, 0.6) is 0 Å². The number of likely N-dealkylation sites (tertiary alicyclic amines) is 1. The molecule has 98 valence electrons. The number of rotatable bonds is 3. The Kier molecular flexibility index (Phi) is 3.87. The van der Waals surface area contributed by atoms with E-state index in [1.54, 1.807) is 6.92 Å². The average Bonchev–Trinajstić information content (AvgIpc) is 2.87. The van der Waals surface area contributed by atoms with Crippen LogP contribution in [0.25, 0.3) is 0 Å². The predicted molar refractivity (Wildman–Crippen MR) is 71.7 cm³/mol. The van der Waals surface area contributed by atoms with E-state index >= 15 is 0 Å². The number of nitrogens with one attached hydrogen (secondary N) is 1. The summed E-state index contributed by atoms with van der Waals surface area (Å²) >= 11 is 0. The van der Waals surface area contributed by atoms with E-state index in [1.807, 2.05) is 36.2 Å². The van der Waals surface area contributed by atoms with Crippen LogP contribution < -0.4 is 5.32 Å². The van der Waals surface area contributed by atoms with Gasteiger partial charge >= 0.3 is 0 Å². The Hall–Kier alpha value is -1.55. The Morgan fingerprint density at radius 1 is 1.50 bits per heavy atom. The van der Waals surface area contributed by atoms with Gasteiger partial charge in [0.15, 0.2) is 0 Å². The van der Waals surface area contributed by atoms with Crippen LogP contribution in [0.4, 0.5) is 5.69 Å². The van der Waals surface area contributed by atoms with Gasteiger partial charge in [-0.15, -0.1) is 0 Å². The lowest BCUT2D eigenvalue weighted by molar-refractivity contribution is 0.0763. The van der Waals surface area contributed by atoms with Gasteiger partial charge in [-0.05, 0) is 25.5 Å². The molecule has 1 saturated heterocycles. The van der Waals surface area contributed by atoms with E-state index in [9.17, 15) is 9.90 Å². The summed E-state index contributed by atoms with van der Waals surface area (Å²) in [6, 6.07) is 7.51. The molecule has 2 N–H and O–H groups in total. The number of benzene rings is 1. The van der Waals surface area contributed by atoms with Crippen molar-refractivity contribution in [1.82, 2.24) is 4.90 Å². The molecule has 1 aliphatic rings. The van der Waals surface area contributed by atoms with E-state index < -0.39 is 0 Å². The van der Waals surface area contributed by atoms with E-state index in [4.69, 9.17) is 0 Å². The summed E-state index contributed by atoms with van der Waals surface area (Å²) in [6.07, 6.45) is 0.535. The van der Waals surface area contributed by atoms with Crippen LogP contribution in [0.1, 0.15) is 23.7 Å². The molecule has 4 nitrogen and oxygen atoms in total. The van der Waals surface area contributed by atoms with Gasteiger partial charge in [0.2, 0.25) is 0 Å². The maximum absolute atomic E-state index is 12.4. The zero-order valence-electron chi connectivity index (χ0n) is 10.9. The summed E-state index contributed by atoms with van der Waals surface area (Å²) in [4.78, 5) is 14.2. The number of carbonyl (C=O) groups excluding carboxylic acids is 1. The van der Waals surface area contributed by atoms with Crippen molar-refractivity contribution in [1.29, 1.82) is 0 Å². The van der Waals surface area contributed by atoms with Gasteiger partial charge in [-0.3, -0.25) is 4.79 Å². The molecule has 18 heavy (non-hydrogen) atoms. The number of nitrogens with zero attached hydrogens (tertiary/aromatic N) is 1. The maximum atomic E-state index is 12.4. The zero-order valence-corrected chi connectivity index (χ0v) is 10.9. The molecule has 1 fully saturated rings. The van der Waals surface area contributed by atoms with Crippen molar-refractivity contribution < 1.29 is 9.90 Å². The second-order valence-electron chi connectivity index (χ2n) is 4.84. The van der Waals surface area contributed by atoms with Crippen molar-refractivity contribution >= 4 is 11.6 Å². The van der Waals surface area contributed by atoms with E-state index in [2.05, 4.69) is 5.32 Å². The largest absolute Gasteiger partial charge is 0.393 e. The van der Waals surface area contributed by atoms with Gasteiger partial charge in [-0.2, -0.15) is 0 Å². The number of amides is 1. The van der Waals surface area contributed by atoms with Crippen molar-refractivity contribution in [2.24, 2.45) is 5.92 Å². The molecular weight excluding hydrogens is 228 g/mol. The normalized spacial score (nSPS) is 20.8. The maximum Gasteiger partial charge on any atom is 0.255 e. The fourth-order valence-electron chi connectivity index (χ4n) is 2.42. The Bertz CT molecular complexity index is 432. The number of aliphatic hydroxyl groups is 1. The predicted octanol–water partition coefficient (Wildman–Crippen LogP) is 1.57. The van der Waals surface area contributed by atoms with E-state index in [-0.39, 0.29) is 17.9 Å². The Labute approximate surface area is 108 Å². The minimum Gasteiger partial charge on any atom is -0.393 e. The molecule has 2 atom stereocenters. The number of para-hydroxylation sites is 1. The van der Waals surface area contributed by atoms with Gasteiger partial charge in [-0.25, -0.2) is 0 Å². The lowest BCUT2D eigenvalue weighted by atomic mass is 10.0. The number of hydrogen-bond donors (Lipinski definition) is 2. The smallest absolute Gasteiger partial charge is 0.255 e. The lowest BCUT2D eigenvalue weighted by Gasteiger charge is -2.19. The molecule has 0 radical (unpaired) electrons. The second kappa shape index (κ2) is 5.40. The van der Waals surface area contributed by atoms with Crippen LogP contribution >= 0.6 is 0 Å². The van der Waals surface area contributed by atoms with Crippen LogP contribution in [0.2, 0.25) is 0 Å². The number of carbonyl (C=O) groups is 1. The molecule has 2 rings (SSSR count). The van der Waals surface area contributed by atoms with Crippen molar-refractivity contribution in [2.45, 2.75) is 19.4 Å². The first-order valence-corrected chi connectivity index (χ1v) is 6.37. The number of aliphatic hydroxyl groups excluding tert-OH is 1. The summed E-state index contributed by atoms with van der Waals surface area (Å²) in [6.45, 7) is 3.17. The summed E-state index contributed by atoms with van der Waals surface area (Å²) < 4.78 is 0. The minimum atomic E-state index is -0.345. The summed E-state index contributed by atoms with van der Waals surface area (Å²) in [5.41, 5.74) is 1.55. The van der Waals surface area contributed by atoms with E-state index in [0.717, 1.165) is 18.7 Å². The first-order valence-electron chi connectivity index (χ1n) is 6.37. The molecule has 1 heterocycles. The van der Waals surface area contributed by atoms with Crippen molar-refractivity contribution in [3.05, 3.63) is 29.8 Å². The zero-order chi connectivity index (χ0) is 13.1. The highest BCUT2D eigenvalue weighted by molar-refractivity contribution is 5.99. The fraction of sp³-hybridized carbons (Fsp3) is 0.500. The summed E-state index contributed by atoms with van der Waals surface area (Å²) in [7, 11) is 1.81. The third-order valence-electron chi connectivity index (χ3n) is 3.62. The van der Waals surface area contributed by atoms with Crippen molar-refractivity contribution in [2.75, 3.05) is 25.5 Å². The van der Waals surface area contributed by atoms with Crippen LogP contribution in [-0.4, -0.2) is 42.2 Å². The van der Waals surface area contributed by atoms with Crippen molar-refractivity contribution in [3.8, 4) is 0 Å². The van der Waals surface area contributed by atoms with Gasteiger partial charge in [0, 0.05) is 31.7 Å². The van der Waals surface area contributed by atoms with E-state index in [0.29, 0.717) is 12.1 Å². The molecule has 1 aromatic carbocycles. The molecule has 0 aliphatic carbocycles. The summed E-state index contributed by atoms with van der Waals surface area (Å²) in [5.74, 6) is 0.249. The van der Waals surface area contributed by atoms with Crippen LogP contribution in [0.15, 0.2) is 24.3 Å². The number of hydrogen-bond acceptors (Lipinski definition) is 3. The molecule has 1 aromatic rings. The minimum absolute atomic E-state index is 0.0445.